The Morgan fingerprint density at radius 1 is 1.13 bits per heavy atom. The van der Waals surface area contributed by atoms with Crippen LogP contribution in [-0.4, -0.2) is 38.1 Å². The Labute approximate surface area is 136 Å². The van der Waals surface area contributed by atoms with Gasteiger partial charge in [-0.25, -0.2) is 9.18 Å². The van der Waals surface area contributed by atoms with Gasteiger partial charge in [0, 0.05) is 19.6 Å². The Morgan fingerprint density at radius 3 is 2.43 bits per heavy atom. The normalized spacial score (nSPS) is 11.6. The maximum Gasteiger partial charge on any atom is 0.315 e. The first-order chi connectivity index (χ1) is 11.1. The molecule has 0 spiro atoms. The summed E-state index contributed by atoms with van der Waals surface area (Å²) in [7, 11) is 1.80. The Balaban J connectivity index is 2.43. The fourth-order valence-corrected chi connectivity index (χ4v) is 1.99. The molecular formula is C16H25FN4O2. The van der Waals surface area contributed by atoms with Crippen LogP contribution in [0.5, 0.6) is 0 Å². The van der Waals surface area contributed by atoms with E-state index in [2.05, 4.69) is 21.3 Å². The van der Waals surface area contributed by atoms with Crippen LogP contribution in [-0.2, 0) is 11.3 Å². The number of amides is 3. The molecule has 0 bridgehead atoms. The van der Waals surface area contributed by atoms with Gasteiger partial charge in [-0.15, -0.1) is 0 Å². The minimum Gasteiger partial charge on any atom is -0.353 e. The smallest absolute Gasteiger partial charge is 0.315 e. The van der Waals surface area contributed by atoms with Crippen LogP contribution >= 0.6 is 0 Å². The van der Waals surface area contributed by atoms with Crippen LogP contribution < -0.4 is 21.3 Å². The lowest BCUT2D eigenvalue weighted by molar-refractivity contribution is -0.123. The maximum absolute atomic E-state index is 12.8. The first-order valence-corrected chi connectivity index (χ1v) is 7.78. The highest BCUT2D eigenvalue weighted by Crippen LogP contribution is 2.02. The molecule has 6 nitrogen and oxygen atoms in total. The summed E-state index contributed by atoms with van der Waals surface area (Å²) in [6.45, 7) is 3.40. The molecule has 4 N–H and O–H groups in total. The van der Waals surface area contributed by atoms with E-state index in [0.29, 0.717) is 19.5 Å². The highest BCUT2D eigenvalue weighted by molar-refractivity contribution is 5.86. The predicted octanol–water partition coefficient (Wildman–Crippen LogP) is 1.13. The molecule has 23 heavy (non-hydrogen) atoms. The van der Waals surface area contributed by atoms with Crippen molar-refractivity contribution >= 4 is 11.9 Å². The molecule has 1 aromatic carbocycles. The number of carbonyl (C=O) groups excluding carboxylic acids is 2. The van der Waals surface area contributed by atoms with Gasteiger partial charge < -0.3 is 21.3 Å². The first kappa shape index (κ1) is 18.9. The summed E-state index contributed by atoms with van der Waals surface area (Å²) in [5.41, 5.74) is 0.784. The highest BCUT2D eigenvalue weighted by Gasteiger charge is 2.19. The zero-order chi connectivity index (χ0) is 17.1. The van der Waals surface area contributed by atoms with Crippen molar-refractivity contribution < 1.29 is 14.0 Å². The molecule has 1 rings (SSSR count). The molecule has 128 valence electrons. The molecular weight excluding hydrogens is 299 g/mol. The number of rotatable bonds is 9. The van der Waals surface area contributed by atoms with Gasteiger partial charge in [-0.1, -0.05) is 25.5 Å². The second-order valence-corrected chi connectivity index (χ2v) is 5.19. The third-order valence-electron chi connectivity index (χ3n) is 3.24. The summed E-state index contributed by atoms with van der Waals surface area (Å²) in [5, 5.41) is 11.0. The van der Waals surface area contributed by atoms with Crippen molar-refractivity contribution in [3.05, 3.63) is 35.6 Å². The lowest BCUT2D eigenvalue weighted by Gasteiger charge is -2.18. The standard InChI is InChI=1S/C16H25FN4O2/c1-3-4-14(15(22)19-10-9-18-2)21-16(23)20-11-12-5-7-13(17)8-6-12/h5-8,14,18H,3-4,9-11H2,1-2H3,(H,19,22)(H2,20,21,23). The molecule has 0 saturated carbocycles. The minimum atomic E-state index is -0.565. The van der Waals surface area contributed by atoms with Crippen LogP contribution in [0, 0.1) is 5.82 Å². The van der Waals surface area contributed by atoms with Crippen molar-refractivity contribution in [3.63, 3.8) is 0 Å². The van der Waals surface area contributed by atoms with Gasteiger partial charge in [0.1, 0.15) is 11.9 Å². The minimum absolute atomic E-state index is 0.195. The van der Waals surface area contributed by atoms with Gasteiger partial charge in [-0.05, 0) is 31.2 Å². The molecule has 1 unspecified atom stereocenters. The number of likely N-dealkylation sites (N-methyl/N-ethyl adjacent to an activating group) is 1. The topological polar surface area (TPSA) is 82.3 Å². The Bertz CT molecular complexity index is 493. The van der Waals surface area contributed by atoms with Crippen LogP contribution in [0.2, 0.25) is 0 Å². The summed E-state index contributed by atoms with van der Waals surface area (Å²) < 4.78 is 12.8. The van der Waals surface area contributed by atoms with Crippen molar-refractivity contribution in [2.75, 3.05) is 20.1 Å². The number of carbonyl (C=O) groups is 2. The van der Waals surface area contributed by atoms with Crippen molar-refractivity contribution in [2.45, 2.75) is 32.4 Å². The summed E-state index contributed by atoms with van der Waals surface area (Å²) in [6, 6.07) is 4.89. The molecule has 0 aliphatic heterocycles. The Hall–Kier alpha value is -2.15. The Morgan fingerprint density at radius 2 is 1.83 bits per heavy atom. The van der Waals surface area contributed by atoms with Gasteiger partial charge in [0.2, 0.25) is 5.91 Å². The third-order valence-corrected chi connectivity index (χ3v) is 3.24. The largest absolute Gasteiger partial charge is 0.353 e. The van der Waals surface area contributed by atoms with Crippen molar-refractivity contribution in [1.82, 2.24) is 21.3 Å². The van der Waals surface area contributed by atoms with Crippen LogP contribution in [0.4, 0.5) is 9.18 Å². The van der Waals surface area contributed by atoms with E-state index in [4.69, 9.17) is 0 Å². The van der Waals surface area contributed by atoms with Gasteiger partial charge in [0.15, 0.2) is 0 Å². The van der Waals surface area contributed by atoms with Gasteiger partial charge in [0.05, 0.1) is 0 Å². The third kappa shape index (κ3) is 7.60. The zero-order valence-corrected chi connectivity index (χ0v) is 13.6. The summed E-state index contributed by atoms with van der Waals surface area (Å²) >= 11 is 0. The molecule has 1 atom stereocenters. The number of halogens is 1. The van der Waals surface area contributed by atoms with Crippen molar-refractivity contribution in [1.29, 1.82) is 0 Å². The number of hydrogen-bond donors (Lipinski definition) is 4. The molecule has 0 radical (unpaired) electrons. The Kier molecular flexibility index (Phi) is 8.67. The summed E-state index contributed by atoms with van der Waals surface area (Å²) in [5.74, 6) is -0.515. The number of benzene rings is 1. The van der Waals surface area contributed by atoms with Crippen LogP contribution in [0.3, 0.4) is 0 Å². The number of urea groups is 1. The van der Waals surface area contributed by atoms with E-state index in [9.17, 15) is 14.0 Å². The maximum atomic E-state index is 12.8. The monoisotopic (exact) mass is 324 g/mol. The molecule has 0 aromatic heterocycles. The van der Waals surface area contributed by atoms with Crippen molar-refractivity contribution in [2.24, 2.45) is 0 Å². The lowest BCUT2D eigenvalue weighted by Crippen LogP contribution is -2.50. The summed E-state index contributed by atoms with van der Waals surface area (Å²) in [4.78, 5) is 23.9. The van der Waals surface area contributed by atoms with Gasteiger partial charge in [0.25, 0.3) is 0 Å². The molecule has 1 aromatic rings. The highest BCUT2D eigenvalue weighted by atomic mass is 19.1. The quantitative estimate of drug-likeness (QED) is 0.514. The molecule has 0 fully saturated rings. The SMILES string of the molecule is CCCC(NC(=O)NCc1ccc(F)cc1)C(=O)NCCNC. The fourth-order valence-electron chi connectivity index (χ4n) is 1.99. The predicted molar refractivity (Wildman–Crippen MR) is 87.4 cm³/mol. The molecule has 0 aliphatic carbocycles. The van der Waals surface area contributed by atoms with E-state index in [1.54, 1.807) is 19.2 Å². The molecule has 0 aliphatic rings. The van der Waals surface area contributed by atoms with Gasteiger partial charge in [-0.3, -0.25) is 4.79 Å². The fraction of sp³-hybridized carbons (Fsp3) is 0.500. The van der Waals surface area contributed by atoms with E-state index in [1.165, 1.54) is 12.1 Å². The molecule has 3 amide bonds. The van der Waals surface area contributed by atoms with E-state index in [0.717, 1.165) is 12.0 Å². The van der Waals surface area contributed by atoms with Crippen LogP contribution in [0.15, 0.2) is 24.3 Å². The second kappa shape index (κ2) is 10.6. The van der Waals surface area contributed by atoms with Crippen molar-refractivity contribution in [3.8, 4) is 0 Å². The van der Waals surface area contributed by atoms with E-state index >= 15 is 0 Å². The molecule has 7 heteroatoms. The average Bonchev–Trinajstić information content (AvgIpc) is 2.54. The second-order valence-electron chi connectivity index (χ2n) is 5.19. The average molecular weight is 324 g/mol. The number of hydrogen-bond acceptors (Lipinski definition) is 3. The van der Waals surface area contributed by atoms with Crippen LogP contribution in [0.1, 0.15) is 25.3 Å². The van der Waals surface area contributed by atoms with Crippen LogP contribution in [0.25, 0.3) is 0 Å². The van der Waals surface area contributed by atoms with E-state index < -0.39 is 12.1 Å². The molecule has 0 saturated heterocycles. The van der Waals surface area contributed by atoms with Gasteiger partial charge >= 0.3 is 6.03 Å². The van der Waals surface area contributed by atoms with Gasteiger partial charge in [-0.2, -0.15) is 0 Å². The first-order valence-electron chi connectivity index (χ1n) is 7.78. The number of nitrogens with one attached hydrogen (secondary N) is 4. The molecule has 0 heterocycles. The zero-order valence-electron chi connectivity index (χ0n) is 13.6. The van der Waals surface area contributed by atoms with E-state index in [-0.39, 0.29) is 18.3 Å². The summed E-state index contributed by atoms with van der Waals surface area (Å²) in [6.07, 6.45) is 1.34. The lowest BCUT2D eigenvalue weighted by atomic mass is 10.1. The van der Waals surface area contributed by atoms with E-state index in [1.807, 2.05) is 6.92 Å².